The fourth-order valence-electron chi connectivity index (χ4n) is 2.57. The van der Waals surface area contributed by atoms with Crippen molar-refractivity contribution in [1.29, 1.82) is 0 Å². The van der Waals surface area contributed by atoms with Crippen molar-refractivity contribution in [3.05, 3.63) is 65.7 Å². The van der Waals surface area contributed by atoms with Crippen molar-refractivity contribution in [3.63, 3.8) is 0 Å². The predicted octanol–water partition coefficient (Wildman–Crippen LogP) is 1.86. The molecule has 0 fully saturated rings. The lowest BCUT2D eigenvalue weighted by Crippen LogP contribution is -3.05. The van der Waals surface area contributed by atoms with Gasteiger partial charge in [0.25, 0.3) is 0 Å². The number of sulfonamides is 1. The number of halogens is 3. The number of esters is 1. The highest BCUT2D eigenvalue weighted by atomic mass is 32.2. The second kappa shape index (κ2) is 8.93. The summed E-state index contributed by atoms with van der Waals surface area (Å²) in [6.07, 6.45) is -5.27. The number of carbonyl (C=O) groups excluding carboxylic acids is 1. The van der Waals surface area contributed by atoms with Gasteiger partial charge in [0, 0.05) is 5.56 Å². The van der Waals surface area contributed by atoms with Gasteiger partial charge < -0.3 is 10.1 Å². The van der Waals surface area contributed by atoms with Gasteiger partial charge in [0.1, 0.15) is 6.54 Å². The van der Waals surface area contributed by atoms with E-state index in [0.717, 1.165) is 5.56 Å². The first kappa shape index (κ1) is 22.9. The lowest BCUT2D eigenvalue weighted by molar-refractivity contribution is -0.756. The number of ether oxygens (including phenoxy) is 1. The molecule has 0 spiro atoms. The molecule has 0 aliphatic heterocycles. The van der Waals surface area contributed by atoms with Crippen LogP contribution in [0.3, 0.4) is 0 Å². The largest absolute Gasteiger partial charge is 0.473 e. The summed E-state index contributed by atoms with van der Waals surface area (Å²) in [6.45, 7) is 2.39. The first-order chi connectivity index (χ1) is 13.5. The van der Waals surface area contributed by atoms with E-state index in [1.807, 2.05) is 0 Å². The van der Waals surface area contributed by atoms with Gasteiger partial charge in [-0.1, -0.05) is 48.0 Å². The normalized spacial score (nSPS) is 14.2. The number of aryl methyl sites for hydroxylation is 1. The monoisotopic (exact) mass is 431 g/mol. The van der Waals surface area contributed by atoms with Crippen LogP contribution in [0.1, 0.15) is 18.1 Å². The average molecular weight is 431 g/mol. The Hall–Kier alpha value is -2.43. The van der Waals surface area contributed by atoms with Gasteiger partial charge in [0.15, 0.2) is 0 Å². The Labute approximate surface area is 167 Å². The zero-order valence-electron chi connectivity index (χ0n) is 15.9. The SMILES string of the molecule is CCOC(=O)[C@](NS(=O)(=O)c1ccc(C)cc1)([NH2+]Cc1ccccc1)C(F)(F)F. The second-order valence-electron chi connectivity index (χ2n) is 6.34. The lowest BCUT2D eigenvalue weighted by Gasteiger charge is -2.31. The van der Waals surface area contributed by atoms with Crippen molar-refractivity contribution in [2.24, 2.45) is 0 Å². The third-order valence-corrected chi connectivity index (χ3v) is 5.64. The number of benzene rings is 2. The molecule has 0 aromatic heterocycles. The van der Waals surface area contributed by atoms with Gasteiger partial charge in [-0.15, -0.1) is 4.72 Å². The predicted molar refractivity (Wildman–Crippen MR) is 99.0 cm³/mol. The van der Waals surface area contributed by atoms with Crippen LogP contribution in [-0.2, 0) is 26.1 Å². The second-order valence-corrected chi connectivity index (χ2v) is 8.02. The Balaban J connectivity index is 2.48. The van der Waals surface area contributed by atoms with E-state index in [4.69, 9.17) is 0 Å². The van der Waals surface area contributed by atoms with Crippen molar-refractivity contribution in [2.75, 3.05) is 6.61 Å². The van der Waals surface area contributed by atoms with E-state index in [9.17, 15) is 26.4 Å². The van der Waals surface area contributed by atoms with Crippen LogP contribution < -0.4 is 10.0 Å². The highest BCUT2D eigenvalue weighted by Crippen LogP contribution is 2.29. The summed E-state index contributed by atoms with van der Waals surface area (Å²) in [5, 5.41) is 0.589. The molecule has 158 valence electrons. The van der Waals surface area contributed by atoms with E-state index in [-0.39, 0.29) is 13.2 Å². The molecule has 29 heavy (non-hydrogen) atoms. The summed E-state index contributed by atoms with van der Waals surface area (Å²) in [6, 6.07) is 13.3. The minimum atomic E-state index is -5.27. The smallest absolute Gasteiger partial charge is 0.460 e. The molecule has 0 saturated carbocycles. The zero-order valence-corrected chi connectivity index (χ0v) is 16.7. The van der Waals surface area contributed by atoms with Crippen LogP contribution in [0.4, 0.5) is 13.2 Å². The molecule has 2 rings (SSSR count). The molecule has 2 aromatic carbocycles. The van der Waals surface area contributed by atoms with Crippen LogP contribution in [0.2, 0.25) is 0 Å². The quantitative estimate of drug-likeness (QED) is 0.493. The molecule has 0 radical (unpaired) electrons. The summed E-state index contributed by atoms with van der Waals surface area (Å²) in [7, 11) is -4.69. The molecule has 0 amide bonds. The average Bonchev–Trinajstić information content (AvgIpc) is 2.65. The number of hydrogen-bond donors (Lipinski definition) is 2. The van der Waals surface area contributed by atoms with Gasteiger partial charge in [0.05, 0.1) is 11.5 Å². The maximum absolute atomic E-state index is 14.1. The summed E-state index contributed by atoms with van der Waals surface area (Å²) >= 11 is 0. The van der Waals surface area contributed by atoms with Gasteiger partial charge in [-0.05, 0) is 26.0 Å². The summed E-state index contributed by atoms with van der Waals surface area (Å²) in [5.74, 6) is -1.74. The van der Waals surface area contributed by atoms with Crippen LogP contribution in [0, 0.1) is 6.92 Å². The Morgan fingerprint density at radius 1 is 1.07 bits per heavy atom. The third-order valence-electron chi connectivity index (χ3n) is 4.16. The molecular formula is C19H22F3N2O4S+. The maximum Gasteiger partial charge on any atom is 0.473 e. The molecule has 2 aromatic rings. The van der Waals surface area contributed by atoms with Gasteiger partial charge >= 0.3 is 17.8 Å². The van der Waals surface area contributed by atoms with Gasteiger partial charge in [-0.3, -0.25) is 0 Å². The molecule has 0 bridgehead atoms. The van der Waals surface area contributed by atoms with E-state index < -0.39 is 32.7 Å². The van der Waals surface area contributed by atoms with Crippen molar-refractivity contribution in [3.8, 4) is 0 Å². The molecular weight excluding hydrogens is 409 g/mol. The first-order valence-electron chi connectivity index (χ1n) is 8.75. The topological polar surface area (TPSA) is 89.1 Å². The first-order valence-corrected chi connectivity index (χ1v) is 10.2. The number of nitrogens with two attached hydrogens (primary N) is 1. The van der Waals surface area contributed by atoms with E-state index in [0.29, 0.717) is 10.9 Å². The van der Waals surface area contributed by atoms with Crippen LogP contribution in [0.25, 0.3) is 0 Å². The van der Waals surface area contributed by atoms with Gasteiger partial charge in [-0.2, -0.15) is 13.2 Å². The molecule has 0 unspecified atom stereocenters. The standard InChI is InChI=1S/C19H21F3N2O4S/c1-3-28-17(25)18(19(20,21)22,23-13-15-7-5-4-6-8-15)24-29(26,27)16-11-9-14(2)10-12-16/h4-12,23-24H,3,13H2,1-2H3/p+1/t18-/m1/s1. The third kappa shape index (κ3) is 5.34. The van der Waals surface area contributed by atoms with Gasteiger partial charge in [0.2, 0.25) is 10.0 Å². The van der Waals surface area contributed by atoms with Crippen molar-refractivity contribution >= 4 is 16.0 Å². The van der Waals surface area contributed by atoms with Crippen LogP contribution in [0.5, 0.6) is 0 Å². The van der Waals surface area contributed by atoms with Crippen molar-refractivity contribution < 1.29 is 36.4 Å². The Morgan fingerprint density at radius 2 is 1.66 bits per heavy atom. The summed E-state index contributed by atoms with van der Waals surface area (Å²) < 4.78 is 73.8. The van der Waals surface area contributed by atoms with E-state index in [1.165, 1.54) is 31.2 Å². The molecule has 0 heterocycles. The number of quaternary nitrogens is 1. The Bertz CT molecular complexity index is 932. The molecule has 6 nitrogen and oxygen atoms in total. The lowest BCUT2D eigenvalue weighted by atomic mass is 10.1. The molecule has 3 N–H and O–H groups in total. The van der Waals surface area contributed by atoms with Crippen LogP contribution in [0.15, 0.2) is 59.5 Å². The highest BCUT2D eigenvalue weighted by molar-refractivity contribution is 7.89. The highest BCUT2D eigenvalue weighted by Gasteiger charge is 2.68. The number of nitrogens with one attached hydrogen (secondary N) is 1. The minimum Gasteiger partial charge on any atom is -0.460 e. The minimum absolute atomic E-state index is 0.310. The molecule has 0 aliphatic carbocycles. The number of rotatable bonds is 8. The summed E-state index contributed by atoms with van der Waals surface area (Å²) in [4.78, 5) is 12.0. The Morgan fingerprint density at radius 3 is 2.17 bits per heavy atom. The molecule has 0 saturated heterocycles. The molecule has 1 atom stereocenters. The van der Waals surface area contributed by atoms with E-state index in [1.54, 1.807) is 42.0 Å². The van der Waals surface area contributed by atoms with Gasteiger partial charge in [-0.25, -0.2) is 13.2 Å². The zero-order chi connectivity index (χ0) is 21.7. The number of alkyl halides is 3. The van der Waals surface area contributed by atoms with Crippen molar-refractivity contribution in [1.82, 2.24) is 4.72 Å². The fraction of sp³-hybridized carbons (Fsp3) is 0.316. The van der Waals surface area contributed by atoms with Crippen LogP contribution >= 0.6 is 0 Å². The maximum atomic E-state index is 14.1. The molecule has 0 aliphatic rings. The molecule has 10 heteroatoms. The van der Waals surface area contributed by atoms with Crippen LogP contribution in [-0.4, -0.2) is 32.8 Å². The number of hydrogen-bond acceptors (Lipinski definition) is 4. The summed E-state index contributed by atoms with van der Waals surface area (Å²) in [5.41, 5.74) is -2.34. The van der Waals surface area contributed by atoms with Crippen molar-refractivity contribution in [2.45, 2.75) is 37.1 Å². The van der Waals surface area contributed by atoms with E-state index in [2.05, 4.69) is 4.74 Å². The Kier molecular flexibility index (Phi) is 7.04. The fourth-order valence-corrected chi connectivity index (χ4v) is 3.89. The van der Waals surface area contributed by atoms with E-state index >= 15 is 0 Å². The number of carbonyl (C=O) groups is 1.